The summed E-state index contributed by atoms with van der Waals surface area (Å²) in [7, 11) is 0. The van der Waals surface area contributed by atoms with Gasteiger partial charge in [-0.05, 0) is 12.8 Å². The molecule has 0 aromatic carbocycles. The average Bonchev–Trinajstić information content (AvgIpc) is 1.86. The van der Waals surface area contributed by atoms with E-state index in [4.69, 9.17) is 11.5 Å². The predicted octanol–water partition coefficient (Wildman–Crippen LogP) is 0.708. The minimum absolute atomic E-state index is 0.00579. The number of halogens is 2. The summed E-state index contributed by atoms with van der Waals surface area (Å²) >= 11 is 0. The van der Waals surface area contributed by atoms with E-state index in [0.29, 0.717) is 12.8 Å². The van der Waals surface area contributed by atoms with Crippen molar-refractivity contribution < 1.29 is 8.78 Å². The molecule has 0 aliphatic heterocycles. The summed E-state index contributed by atoms with van der Waals surface area (Å²) in [6.07, 6.45) is 1.14. The van der Waals surface area contributed by atoms with Crippen LogP contribution in [0.3, 0.4) is 0 Å². The van der Waals surface area contributed by atoms with Gasteiger partial charge in [0.1, 0.15) is 0 Å². The quantitative estimate of drug-likeness (QED) is 0.599. The molecule has 11 heavy (non-hydrogen) atoms. The largest absolute Gasteiger partial charge is 0.330 e. The fraction of sp³-hybridized carbons (Fsp3) is 1.00. The number of alkyl halides is 2. The molecule has 1 fully saturated rings. The summed E-state index contributed by atoms with van der Waals surface area (Å²) in [6.45, 7) is -0.00579. The van der Waals surface area contributed by atoms with Gasteiger partial charge in [-0.25, -0.2) is 8.78 Å². The first-order valence-corrected chi connectivity index (χ1v) is 3.91. The van der Waals surface area contributed by atoms with Crippen LogP contribution in [0.2, 0.25) is 0 Å². The Morgan fingerprint density at radius 3 is 2.45 bits per heavy atom. The fourth-order valence-electron chi connectivity index (χ4n) is 1.62. The highest BCUT2D eigenvalue weighted by Crippen LogP contribution is 2.36. The Kier molecular flexibility index (Phi) is 2.44. The van der Waals surface area contributed by atoms with Crippen molar-refractivity contribution >= 4 is 0 Å². The van der Waals surface area contributed by atoms with Crippen molar-refractivity contribution in [3.63, 3.8) is 0 Å². The standard InChI is InChI=1S/C7H14F2N2/c8-7(9)3-1-2-6(11)5(7)4-10/h5-6H,1-4,10-11H2. The Morgan fingerprint density at radius 2 is 2.09 bits per heavy atom. The first-order chi connectivity index (χ1) is 5.08. The van der Waals surface area contributed by atoms with Gasteiger partial charge in [-0.1, -0.05) is 0 Å². The minimum atomic E-state index is -2.63. The molecule has 0 spiro atoms. The van der Waals surface area contributed by atoms with Gasteiger partial charge in [0, 0.05) is 19.0 Å². The Labute approximate surface area is 64.9 Å². The molecule has 1 aliphatic rings. The molecule has 0 radical (unpaired) electrons. The number of hydrogen-bond donors (Lipinski definition) is 2. The molecule has 2 atom stereocenters. The van der Waals surface area contributed by atoms with Gasteiger partial charge in [-0.3, -0.25) is 0 Å². The average molecular weight is 164 g/mol. The molecule has 0 aromatic rings. The van der Waals surface area contributed by atoms with E-state index in [-0.39, 0.29) is 13.0 Å². The highest BCUT2D eigenvalue weighted by Gasteiger charge is 2.44. The smallest absolute Gasteiger partial charge is 0.253 e. The first kappa shape index (κ1) is 8.87. The summed E-state index contributed by atoms with van der Waals surface area (Å²) in [5, 5.41) is 0. The third-order valence-corrected chi connectivity index (χ3v) is 2.36. The third-order valence-electron chi connectivity index (χ3n) is 2.36. The molecular formula is C7H14F2N2. The monoisotopic (exact) mass is 164 g/mol. The molecule has 66 valence electrons. The fourth-order valence-corrected chi connectivity index (χ4v) is 1.62. The van der Waals surface area contributed by atoms with E-state index >= 15 is 0 Å². The van der Waals surface area contributed by atoms with E-state index in [2.05, 4.69) is 0 Å². The van der Waals surface area contributed by atoms with Crippen LogP contribution in [0, 0.1) is 5.92 Å². The van der Waals surface area contributed by atoms with Crippen LogP contribution in [0.1, 0.15) is 19.3 Å². The number of hydrogen-bond acceptors (Lipinski definition) is 2. The van der Waals surface area contributed by atoms with E-state index < -0.39 is 17.9 Å². The zero-order chi connectivity index (χ0) is 8.48. The van der Waals surface area contributed by atoms with E-state index in [1.165, 1.54) is 0 Å². The Bertz CT molecular complexity index is 138. The first-order valence-electron chi connectivity index (χ1n) is 3.91. The van der Waals surface area contributed by atoms with Gasteiger partial charge in [-0.2, -0.15) is 0 Å². The topological polar surface area (TPSA) is 52.0 Å². The van der Waals surface area contributed by atoms with Crippen LogP contribution in [0.5, 0.6) is 0 Å². The molecule has 2 nitrogen and oxygen atoms in total. The molecule has 0 saturated heterocycles. The molecule has 0 heterocycles. The van der Waals surface area contributed by atoms with Gasteiger partial charge in [-0.15, -0.1) is 0 Å². The molecule has 0 amide bonds. The summed E-state index contributed by atoms with van der Waals surface area (Å²) in [6, 6.07) is -0.413. The molecule has 1 rings (SSSR count). The van der Waals surface area contributed by atoms with Crippen molar-refractivity contribution in [1.29, 1.82) is 0 Å². The van der Waals surface area contributed by atoms with Crippen LogP contribution < -0.4 is 11.5 Å². The van der Waals surface area contributed by atoms with E-state index in [1.54, 1.807) is 0 Å². The van der Waals surface area contributed by atoms with Crippen molar-refractivity contribution in [2.75, 3.05) is 6.54 Å². The maximum absolute atomic E-state index is 13.0. The summed E-state index contributed by atoms with van der Waals surface area (Å²) < 4.78 is 25.9. The molecule has 4 heteroatoms. The van der Waals surface area contributed by atoms with Crippen LogP contribution in [0.4, 0.5) is 8.78 Å². The lowest BCUT2D eigenvalue weighted by molar-refractivity contribution is -0.0889. The highest BCUT2D eigenvalue weighted by atomic mass is 19.3. The highest BCUT2D eigenvalue weighted by molar-refractivity contribution is 4.90. The van der Waals surface area contributed by atoms with Gasteiger partial charge in [0.2, 0.25) is 0 Å². The molecule has 2 unspecified atom stereocenters. The maximum Gasteiger partial charge on any atom is 0.253 e. The van der Waals surface area contributed by atoms with E-state index in [1.807, 2.05) is 0 Å². The van der Waals surface area contributed by atoms with Crippen molar-refractivity contribution in [3.05, 3.63) is 0 Å². The van der Waals surface area contributed by atoms with Crippen LogP contribution in [-0.2, 0) is 0 Å². The van der Waals surface area contributed by atoms with E-state index in [0.717, 1.165) is 0 Å². The van der Waals surface area contributed by atoms with Crippen molar-refractivity contribution in [1.82, 2.24) is 0 Å². The van der Waals surface area contributed by atoms with Gasteiger partial charge in [0.25, 0.3) is 5.92 Å². The zero-order valence-corrected chi connectivity index (χ0v) is 6.39. The van der Waals surface area contributed by atoms with Crippen LogP contribution in [-0.4, -0.2) is 18.5 Å². The molecule has 0 aromatic heterocycles. The lowest BCUT2D eigenvalue weighted by Crippen LogP contribution is -2.49. The van der Waals surface area contributed by atoms with Crippen molar-refractivity contribution in [3.8, 4) is 0 Å². The molecular weight excluding hydrogens is 150 g/mol. The normalized spacial score (nSPS) is 37.1. The van der Waals surface area contributed by atoms with Crippen LogP contribution in [0.15, 0.2) is 0 Å². The number of nitrogens with two attached hydrogens (primary N) is 2. The Balaban J connectivity index is 2.64. The Morgan fingerprint density at radius 1 is 1.45 bits per heavy atom. The van der Waals surface area contributed by atoms with E-state index in [9.17, 15) is 8.78 Å². The SMILES string of the molecule is NCC1C(N)CCCC1(F)F. The lowest BCUT2D eigenvalue weighted by atomic mass is 9.82. The maximum atomic E-state index is 13.0. The summed E-state index contributed by atoms with van der Waals surface area (Å²) in [4.78, 5) is 0. The van der Waals surface area contributed by atoms with Crippen LogP contribution in [0.25, 0.3) is 0 Å². The summed E-state index contributed by atoms with van der Waals surface area (Å²) in [5.41, 5.74) is 10.7. The van der Waals surface area contributed by atoms with Gasteiger partial charge < -0.3 is 11.5 Å². The third kappa shape index (κ3) is 1.68. The minimum Gasteiger partial charge on any atom is -0.330 e. The molecule has 0 bridgehead atoms. The van der Waals surface area contributed by atoms with Gasteiger partial charge >= 0.3 is 0 Å². The molecule has 4 N–H and O–H groups in total. The lowest BCUT2D eigenvalue weighted by Gasteiger charge is -2.35. The second kappa shape index (κ2) is 3.03. The Hall–Kier alpha value is -0.220. The number of rotatable bonds is 1. The second-order valence-electron chi connectivity index (χ2n) is 3.16. The van der Waals surface area contributed by atoms with Gasteiger partial charge in [0.05, 0.1) is 5.92 Å². The summed E-state index contributed by atoms with van der Waals surface area (Å²) in [5.74, 6) is -3.44. The molecule has 1 aliphatic carbocycles. The van der Waals surface area contributed by atoms with Gasteiger partial charge in [0.15, 0.2) is 0 Å². The van der Waals surface area contributed by atoms with Crippen LogP contribution >= 0.6 is 0 Å². The van der Waals surface area contributed by atoms with Crippen molar-refractivity contribution in [2.24, 2.45) is 17.4 Å². The predicted molar refractivity (Wildman–Crippen MR) is 39.3 cm³/mol. The second-order valence-corrected chi connectivity index (χ2v) is 3.16. The zero-order valence-electron chi connectivity index (χ0n) is 6.39. The molecule has 1 saturated carbocycles. The van der Waals surface area contributed by atoms with Crippen molar-refractivity contribution in [2.45, 2.75) is 31.2 Å².